The van der Waals surface area contributed by atoms with Crippen molar-refractivity contribution in [3.8, 4) is 0 Å². The molecule has 2 aromatic rings. The van der Waals surface area contributed by atoms with E-state index in [1.807, 2.05) is 18.2 Å². The van der Waals surface area contributed by atoms with Crippen molar-refractivity contribution in [2.24, 2.45) is 0 Å². The highest BCUT2D eigenvalue weighted by Crippen LogP contribution is 2.34. The second kappa shape index (κ2) is 6.76. The average molecular weight is 375 g/mol. The van der Waals surface area contributed by atoms with E-state index < -0.39 is 5.25 Å². The number of para-hydroxylation sites is 1. The van der Waals surface area contributed by atoms with Crippen LogP contribution in [0.3, 0.4) is 0 Å². The fraction of sp³-hybridized carbons (Fsp3) is 0.412. The lowest BCUT2D eigenvalue weighted by atomic mass is 9.97. The van der Waals surface area contributed by atoms with Crippen LogP contribution in [0.4, 0.5) is 4.79 Å². The van der Waals surface area contributed by atoms with Gasteiger partial charge in [-0.25, -0.2) is 4.98 Å². The van der Waals surface area contributed by atoms with Crippen LogP contribution in [0.25, 0.3) is 10.2 Å². The Labute approximate surface area is 153 Å². The average Bonchev–Trinajstić information content (AvgIpc) is 3.18. The summed E-state index contributed by atoms with van der Waals surface area (Å²) in [5, 5.41) is 2.42. The number of amides is 3. The van der Waals surface area contributed by atoms with E-state index in [-0.39, 0.29) is 23.5 Å². The molecule has 130 valence electrons. The third kappa shape index (κ3) is 3.41. The van der Waals surface area contributed by atoms with Gasteiger partial charge < -0.3 is 4.90 Å². The first kappa shape index (κ1) is 16.5. The van der Waals surface area contributed by atoms with Gasteiger partial charge in [0.25, 0.3) is 5.24 Å². The van der Waals surface area contributed by atoms with Crippen LogP contribution in [0.2, 0.25) is 0 Å². The van der Waals surface area contributed by atoms with Crippen LogP contribution in [0.1, 0.15) is 30.2 Å². The molecule has 0 saturated carbocycles. The minimum atomic E-state index is -0.581. The monoisotopic (exact) mass is 375 g/mol. The Balaban J connectivity index is 1.35. The summed E-state index contributed by atoms with van der Waals surface area (Å²) < 4.78 is 1.20. The van der Waals surface area contributed by atoms with E-state index >= 15 is 0 Å². The lowest BCUT2D eigenvalue weighted by molar-refractivity contribution is -0.133. The maximum absolute atomic E-state index is 12.4. The number of thiazole rings is 1. The van der Waals surface area contributed by atoms with Gasteiger partial charge in [-0.15, -0.1) is 11.3 Å². The molecule has 6 nitrogen and oxygen atoms in total. The molecule has 8 heteroatoms. The van der Waals surface area contributed by atoms with Gasteiger partial charge in [0.05, 0.1) is 15.2 Å². The highest BCUT2D eigenvalue weighted by atomic mass is 32.2. The number of thioether (sulfide) groups is 1. The summed E-state index contributed by atoms with van der Waals surface area (Å²) in [6.45, 7) is 1.35. The van der Waals surface area contributed by atoms with E-state index in [9.17, 15) is 14.4 Å². The molecule has 4 rings (SSSR count). The largest absolute Gasteiger partial charge is 0.343 e. The molecule has 3 heterocycles. The Morgan fingerprint density at radius 2 is 2.00 bits per heavy atom. The highest BCUT2D eigenvalue weighted by molar-refractivity contribution is 8.15. The zero-order valence-corrected chi connectivity index (χ0v) is 15.1. The maximum atomic E-state index is 12.4. The quantitative estimate of drug-likeness (QED) is 0.892. The molecule has 0 bridgehead atoms. The van der Waals surface area contributed by atoms with E-state index in [1.165, 1.54) is 4.70 Å². The number of nitrogens with zero attached hydrogens (tertiary/aromatic N) is 2. The van der Waals surface area contributed by atoms with E-state index in [4.69, 9.17) is 4.98 Å². The van der Waals surface area contributed by atoms with Gasteiger partial charge in [-0.2, -0.15) is 0 Å². The zero-order chi connectivity index (χ0) is 17.4. The molecule has 1 atom stereocenters. The number of rotatable bonds is 3. The van der Waals surface area contributed by atoms with Crippen LogP contribution in [0, 0.1) is 0 Å². The van der Waals surface area contributed by atoms with Crippen molar-refractivity contribution in [2.45, 2.75) is 30.4 Å². The molecule has 2 aliphatic rings. The molecule has 0 aliphatic carbocycles. The predicted octanol–water partition coefficient (Wildman–Crippen LogP) is 2.74. The molecule has 0 radical (unpaired) electrons. The fourth-order valence-corrected chi connectivity index (χ4v) is 5.20. The second-order valence-corrected chi connectivity index (χ2v) is 8.50. The SMILES string of the molecule is O=C1NC(=O)[C@H](CC(=O)N2CCC(c3nc4ccccc4s3)CC2)S1. The Morgan fingerprint density at radius 1 is 1.24 bits per heavy atom. The molecule has 0 spiro atoms. The first-order valence-electron chi connectivity index (χ1n) is 8.25. The third-order valence-electron chi connectivity index (χ3n) is 4.63. The number of piperidine rings is 1. The lowest BCUT2D eigenvalue weighted by Gasteiger charge is -2.31. The number of hydrogen-bond acceptors (Lipinski definition) is 6. The molecule has 1 N–H and O–H groups in total. The molecule has 2 fully saturated rings. The summed E-state index contributed by atoms with van der Waals surface area (Å²) >= 11 is 2.64. The van der Waals surface area contributed by atoms with Crippen LogP contribution in [-0.4, -0.2) is 45.3 Å². The summed E-state index contributed by atoms with van der Waals surface area (Å²) in [4.78, 5) is 41.7. The molecule has 1 aromatic carbocycles. The Hall–Kier alpha value is -1.93. The van der Waals surface area contributed by atoms with Crippen molar-refractivity contribution in [1.82, 2.24) is 15.2 Å². The maximum Gasteiger partial charge on any atom is 0.286 e. The summed E-state index contributed by atoms with van der Waals surface area (Å²) in [5.41, 5.74) is 1.04. The van der Waals surface area contributed by atoms with E-state index in [1.54, 1.807) is 16.2 Å². The van der Waals surface area contributed by atoms with E-state index in [0.717, 1.165) is 35.1 Å². The van der Waals surface area contributed by atoms with Crippen LogP contribution in [0.15, 0.2) is 24.3 Å². The van der Waals surface area contributed by atoms with E-state index in [2.05, 4.69) is 11.4 Å². The molecule has 2 saturated heterocycles. The molecule has 1 aromatic heterocycles. The van der Waals surface area contributed by atoms with Gasteiger partial charge >= 0.3 is 0 Å². The molecular formula is C17H17N3O3S2. The number of imide groups is 1. The van der Waals surface area contributed by atoms with Crippen LogP contribution >= 0.6 is 23.1 Å². The first-order chi connectivity index (χ1) is 12.1. The van der Waals surface area contributed by atoms with Crippen molar-refractivity contribution >= 4 is 50.4 Å². The number of likely N-dealkylation sites (tertiary alicyclic amines) is 1. The fourth-order valence-electron chi connectivity index (χ4n) is 3.26. The second-order valence-electron chi connectivity index (χ2n) is 6.26. The Bertz CT molecular complexity index is 810. The van der Waals surface area contributed by atoms with E-state index in [0.29, 0.717) is 19.0 Å². The predicted molar refractivity (Wildman–Crippen MR) is 97.7 cm³/mol. The standard InChI is InChI=1S/C17H17N3O3S2/c21-14(9-13-15(22)19-17(23)25-13)20-7-5-10(6-8-20)16-18-11-3-1-2-4-12(11)24-16/h1-4,10,13H,5-9H2,(H,19,22,23)/t13-/m0/s1. The Morgan fingerprint density at radius 3 is 2.68 bits per heavy atom. The summed E-state index contributed by atoms with van der Waals surface area (Å²) in [5.74, 6) is -0.0232. The van der Waals surface area contributed by atoms with Crippen LogP contribution in [-0.2, 0) is 9.59 Å². The van der Waals surface area contributed by atoms with Gasteiger partial charge in [-0.1, -0.05) is 23.9 Å². The normalized spacial score (nSPS) is 21.8. The zero-order valence-electron chi connectivity index (χ0n) is 13.4. The lowest BCUT2D eigenvalue weighted by Crippen LogP contribution is -2.40. The smallest absolute Gasteiger partial charge is 0.286 e. The molecular weight excluding hydrogens is 358 g/mol. The number of hydrogen-bond donors (Lipinski definition) is 1. The topological polar surface area (TPSA) is 79.4 Å². The van der Waals surface area contributed by atoms with Crippen molar-refractivity contribution < 1.29 is 14.4 Å². The van der Waals surface area contributed by atoms with Crippen molar-refractivity contribution in [3.63, 3.8) is 0 Å². The van der Waals surface area contributed by atoms with Crippen LogP contribution < -0.4 is 5.32 Å². The number of fused-ring (bicyclic) bond motifs is 1. The van der Waals surface area contributed by atoms with Crippen molar-refractivity contribution in [2.75, 3.05) is 13.1 Å². The number of benzene rings is 1. The highest BCUT2D eigenvalue weighted by Gasteiger charge is 2.35. The van der Waals surface area contributed by atoms with Crippen molar-refractivity contribution in [3.05, 3.63) is 29.3 Å². The van der Waals surface area contributed by atoms with Gasteiger partial charge in [0.15, 0.2) is 0 Å². The number of carbonyl (C=O) groups excluding carboxylic acids is 3. The van der Waals surface area contributed by atoms with Gasteiger partial charge in [0.2, 0.25) is 11.8 Å². The molecule has 3 amide bonds. The summed E-state index contributed by atoms with van der Waals surface area (Å²) in [6, 6.07) is 8.13. The molecule has 25 heavy (non-hydrogen) atoms. The van der Waals surface area contributed by atoms with Crippen LogP contribution in [0.5, 0.6) is 0 Å². The number of aromatic nitrogens is 1. The summed E-state index contributed by atoms with van der Waals surface area (Å²) in [7, 11) is 0. The number of carbonyl (C=O) groups is 3. The molecule has 2 aliphatic heterocycles. The number of nitrogens with one attached hydrogen (secondary N) is 1. The van der Waals surface area contributed by atoms with Crippen molar-refractivity contribution in [1.29, 1.82) is 0 Å². The Kier molecular flexibility index (Phi) is 4.47. The molecule has 0 unspecified atom stereocenters. The minimum absolute atomic E-state index is 0.0508. The van der Waals surface area contributed by atoms with Gasteiger partial charge in [0, 0.05) is 25.4 Å². The third-order valence-corrected chi connectivity index (χ3v) is 6.81. The summed E-state index contributed by atoms with van der Waals surface area (Å²) in [6.07, 6.45) is 1.86. The van der Waals surface area contributed by atoms with Gasteiger partial charge in [-0.05, 0) is 25.0 Å². The van der Waals surface area contributed by atoms with Gasteiger partial charge in [-0.3, -0.25) is 19.7 Å². The first-order valence-corrected chi connectivity index (χ1v) is 9.94. The minimum Gasteiger partial charge on any atom is -0.343 e. The van der Waals surface area contributed by atoms with Gasteiger partial charge in [0.1, 0.15) is 5.25 Å².